The Labute approximate surface area is 65.3 Å². The monoisotopic (exact) mass is 161 g/mol. The van der Waals surface area contributed by atoms with Crippen LogP contribution in [0.2, 0.25) is 0 Å². The van der Waals surface area contributed by atoms with Gasteiger partial charge >= 0.3 is 5.97 Å². The Bertz CT molecular complexity index is 158. The topological polar surface area (TPSA) is 63.3 Å². The molecule has 10 heavy (non-hydrogen) atoms. The normalized spacial score (nSPS) is 17.1. The van der Waals surface area contributed by atoms with Gasteiger partial charge in [-0.15, -0.1) is 0 Å². The molecule has 0 spiro atoms. The number of nitrogens with two attached hydrogens (primary N) is 1. The third-order valence-corrected chi connectivity index (χ3v) is 1.65. The molecule has 0 aliphatic carbocycles. The molecule has 1 atom stereocenters. The average molecular weight is 161 g/mol. The first-order chi connectivity index (χ1) is 4.56. The highest BCUT2D eigenvalue weighted by molar-refractivity contribution is 7.80. The minimum absolute atomic E-state index is 0.104. The second-order valence-corrected chi connectivity index (χ2v) is 2.32. The smallest absolute Gasteiger partial charge is 0.328 e. The van der Waals surface area contributed by atoms with Crippen LogP contribution in [0.4, 0.5) is 0 Å². The highest BCUT2D eigenvalue weighted by Crippen LogP contribution is 2.04. The zero-order valence-electron chi connectivity index (χ0n) is 5.74. The van der Waals surface area contributed by atoms with Gasteiger partial charge in [0, 0.05) is 5.75 Å². The molecule has 0 saturated carbocycles. The van der Waals surface area contributed by atoms with Crippen LogP contribution >= 0.6 is 12.6 Å². The summed E-state index contributed by atoms with van der Waals surface area (Å²) in [7, 11) is 0. The van der Waals surface area contributed by atoms with Crippen LogP contribution in [0.5, 0.6) is 0 Å². The van der Waals surface area contributed by atoms with Crippen molar-refractivity contribution in [1.29, 1.82) is 0 Å². The zero-order valence-corrected chi connectivity index (χ0v) is 6.64. The highest BCUT2D eigenvalue weighted by Gasteiger charge is 2.28. The van der Waals surface area contributed by atoms with Crippen molar-refractivity contribution < 1.29 is 9.90 Å². The van der Waals surface area contributed by atoms with Gasteiger partial charge in [0.05, 0.1) is 0 Å². The Kier molecular flexibility index (Phi) is 3.46. The van der Waals surface area contributed by atoms with E-state index in [1.54, 1.807) is 13.0 Å². The van der Waals surface area contributed by atoms with Gasteiger partial charge in [0.1, 0.15) is 5.54 Å². The summed E-state index contributed by atoms with van der Waals surface area (Å²) in [6, 6.07) is 0. The summed E-state index contributed by atoms with van der Waals surface area (Å²) in [5.41, 5.74) is 4.08. The van der Waals surface area contributed by atoms with Gasteiger partial charge in [-0.3, -0.25) is 0 Å². The third kappa shape index (κ3) is 2.04. The van der Waals surface area contributed by atoms with Gasteiger partial charge < -0.3 is 10.8 Å². The van der Waals surface area contributed by atoms with E-state index in [0.717, 1.165) is 0 Å². The van der Waals surface area contributed by atoms with Crippen LogP contribution in [-0.4, -0.2) is 22.4 Å². The minimum Gasteiger partial charge on any atom is -0.480 e. The molecule has 0 amide bonds. The molecule has 0 aliphatic rings. The Morgan fingerprint density at radius 3 is 2.50 bits per heavy atom. The lowest BCUT2D eigenvalue weighted by atomic mass is 10.0. The van der Waals surface area contributed by atoms with Crippen LogP contribution < -0.4 is 5.73 Å². The fraction of sp³-hybridized carbons (Fsp3) is 0.500. The van der Waals surface area contributed by atoms with Gasteiger partial charge in [-0.05, 0) is 6.92 Å². The molecule has 0 aromatic rings. The molecule has 0 aliphatic heterocycles. The van der Waals surface area contributed by atoms with Gasteiger partial charge in [0.25, 0.3) is 0 Å². The maximum absolute atomic E-state index is 10.4. The Hall–Kier alpha value is -0.480. The van der Waals surface area contributed by atoms with Crippen molar-refractivity contribution in [2.45, 2.75) is 12.5 Å². The number of carboxylic acid groups (broad SMARTS) is 1. The number of allylic oxidation sites excluding steroid dienone is 1. The van der Waals surface area contributed by atoms with Crippen molar-refractivity contribution in [3.05, 3.63) is 12.2 Å². The minimum atomic E-state index is -1.31. The van der Waals surface area contributed by atoms with Crippen LogP contribution in [0.25, 0.3) is 0 Å². The average Bonchev–Trinajstić information content (AvgIpc) is 1.88. The first-order valence-electron chi connectivity index (χ1n) is 2.84. The highest BCUT2D eigenvalue weighted by atomic mass is 32.1. The zero-order chi connectivity index (χ0) is 8.20. The van der Waals surface area contributed by atoms with Crippen LogP contribution in [-0.2, 0) is 4.79 Å². The molecule has 0 heterocycles. The standard InChI is InChI=1S/C6H11NO2S/c1-2-3-6(7,4-10)5(8)9/h2-3,10H,4,7H2,1H3,(H,8,9)/b3-2+/t6-/m0/s1. The quantitative estimate of drug-likeness (QED) is 0.411. The molecule has 0 bridgehead atoms. The summed E-state index contributed by atoms with van der Waals surface area (Å²) < 4.78 is 0. The molecule has 0 saturated heterocycles. The molecular formula is C6H11NO2S. The van der Waals surface area contributed by atoms with Crippen molar-refractivity contribution in [3.8, 4) is 0 Å². The molecule has 3 nitrogen and oxygen atoms in total. The molecule has 0 unspecified atom stereocenters. The second kappa shape index (κ2) is 3.63. The number of carboxylic acids is 1. The largest absolute Gasteiger partial charge is 0.480 e. The molecule has 0 rings (SSSR count). The Morgan fingerprint density at radius 1 is 1.90 bits per heavy atom. The maximum atomic E-state index is 10.4. The fourth-order valence-electron chi connectivity index (χ4n) is 0.489. The summed E-state index contributed by atoms with van der Waals surface area (Å²) in [6.45, 7) is 1.72. The van der Waals surface area contributed by atoms with Crippen molar-refractivity contribution in [1.82, 2.24) is 0 Å². The van der Waals surface area contributed by atoms with Crippen LogP contribution in [0.3, 0.4) is 0 Å². The third-order valence-electron chi connectivity index (χ3n) is 1.12. The number of hydrogen-bond donors (Lipinski definition) is 3. The van der Waals surface area contributed by atoms with Gasteiger partial charge in [-0.1, -0.05) is 12.2 Å². The fourth-order valence-corrected chi connectivity index (χ4v) is 0.730. The number of carbonyl (C=O) groups is 1. The second-order valence-electron chi connectivity index (χ2n) is 2.00. The lowest BCUT2D eigenvalue weighted by Gasteiger charge is -2.16. The Morgan fingerprint density at radius 2 is 2.40 bits per heavy atom. The van der Waals surface area contributed by atoms with Crippen LogP contribution in [0.15, 0.2) is 12.2 Å². The van der Waals surface area contributed by atoms with Crippen molar-refractivity contribution in [2.24, 2.45) is 5.73 Å². The summed E-state index contributed by atoms with van der Waals surface area (Å²) in [6.07, 6.45) is 3.02. The summed E-state index contributed by atoms with van der Waals surface area (Å²) in [5.74, 6) is -0.951. The van der Waals surface area contributed by atoms with E-state index >= 15 is 0 Å². The molecule has 0 aromatic heterocycles. The number of aliphatic carboxylic acids is 1. The van der Waals surface area contributed by atoms with Crippen molar-refractivity contribution in [3.63, 3.8) is 0 Å². The van der Waals surface area contributed by atoms with Gasteiger partial charge in [0.15, 0.2) is 0 Å². The van der Waals surface area contributed by atoms with E-state index in [2.05, 4.69) is 12.6 Å². The molecule has 0 aromatic carbocycles. The summed E-state index contributed by atoms with van der Waals surface area (Å²) >= 11 is 3.82. The molecule has 3 N–H and O–H groups in total. The summed E-state index contributed by atoms with van der Waals surface area (Å²) in [5, 5.41) is 8.54. The van der Waals surface area contributed by atoms with Gasteiger partial charge in [0.2, 0.25) is 0 Å². The first-order valence-corrected chi connectivity index (χ1v) is 3.47. The molecular weight excluding hydrogens is 150 g/mol. The SMILES string of the molecule is C/C=C/[C@](N)(CS)C(=O)O. The predicted molar refractivity (Wildman–Crippen MR) is 43.2 cm³/mol. The maximum Gasteiger partial charge on any atom is 0.328 e. The van der Waals surface area contributed by atoms with Gasteiger partial charge in [-0.2, -0.15) is 12.6 Å². The first kappa shape index (κ1) is 9.52. The molecule has 4 heteroatoms. The number of thiol groups is 1. The van der Waals surface area contributed by atoms with E-state index < -0.39 is 11.5 Å². The van der Waals surface area contributed by atoms with E-state index in [0.29, 0.717) is 0 Å². The van der Waals surface area contributed by atoms with E-state index in [1.165, 1.54) is 6.08 Å². The van der Waals surface area contributed by atoms with Crippen molar-refractivity contribution >= 4 is 18.6 Å². The van der Waals surface area contributed by atoms with E-state index in [4.69, 9.17) is 10.8 Å². The Balaban J connectivity index is 4.38. The van der Waals surface area contributed by atoms with Crippen LogP contribution in [0, 0.1) is 0 Å². The lowest BCUT2D eigenvalue weighted by molar-refractivity contribution is -0.140. The van der Waals surface area contributed by atoms with E-state index in [1.807, 2.05) is 0 Å². The number of rotatable bonds is 3. The molecule has 0 radical (unpaired) electrons. The molecule has 58 valence electrons. The summed E-state index contributed by atoms with van der Waals surface area (Å²) in [4.78, 5) is 10.4. The number of hydrogen-bond acceptors (Lipinski definition) is 3. The van der Waals surface area contributed by atoms with E-state index in [-0.39, 0.29) is 5.75 Å². The van der Waals surface area contributed by atoms with Crippen molar-refractivity contribution in [2.75, 3.05) is 5.75 Å². The van der Waals surface area contributed by atoms with E-state index in [9.17, 15) is 4.79 Å². The molecule has 0 fully saturated rings. The lowest BCUT2D eigenvalue weighted by Crippen LogP contribution is -2.47. The predicted octanol–water partition coefficient (Wildman–Crippen LogP) is 0.274. The van der Waals surface area contributed by atoms with Gasteiger partial charge in [-0.25, -0.2) is 4.79 Å². The van der Waals surface area contributed by atoms with Crippen LogP contribution in [0.1, 0.15) is 6.92 Å².